The predicted octanol–water partition coefficient (Wildman–Crippen LogP) is 3.70. The molecule has 1 saturated heterocycles. The van der Waals surface area contributed by atoms with Crippen LogP contribution < -0.4 is 0 Å². The summed E-state index contributed by atoms with van der Waals surface area (Å²) in [6, 6.07) is 10.6. The molecule has 1 fully saturated rings. The summed E-state index contributed by atoms with van der Waals surface area (Å²) in [5.74, 6) is 0. The van der Waals surface area contributed by atoms with Crippen LogP contribution in [0.5, 0.6) is 0 Å². The van der Waals surface area contributed by atoms with E-state index in [2.05, 4.69) is 83.9 Å². The van der Waals surface area contributed by atoms with Crippen molar-refractivity contribution < 1.29 is 0 Å². The Bertz CT molecular complexity index is 578. The Morgan fingerprint density at radius 2 is 1.77 bits per heavy atom. The van der Waals surface area contributed by atoms with E-state index in [0.717, 1.165) is 19.5 Å². The quantitative estimate of drug-likeness (QED) is 0.784. The molecule has 0 bridgehead atoms. The third-order valence-corrected chi connectivity index (χ3v) is 4.14. The SMILES string of the molecule is CN(C)N(C1=CC=CCC1=Cc1ccccc1)N1CCCC1. The highest BCUT2D eigenvalue weighted by Crippen LogP contribution is 2.28. The fourth-order valence-electron chi connectivity index (χ4n) is 3.15. The topological polar surface area (TPSA) is 9.72 Å². The van der Waals surface area contributed by atoms with E-state index in [-0.39, 0.29) is 0 Å². The van der Waals surface area contributed by atoms with E-state index in [9.17, 15) is 0 Å². The van der Waals surface area contributed by atoms with Crippen LogP contribution in [0.3, 0.4) is 0 Å². The first-order valence-corrected chi connectivity index (χ1v) is 8.11. The monoisotopic (exact) mass is 295 g/mol. The molecular weight excluding hydrogens is 270 g/mol. The zero-order valence-electron chi connectivity index (χ0n) is 13.6. The largest absolute Gasteiger partial charge is 0.237 e. The fourth-order valence-corrected chi connectivity index (χ4v) is 3.15. The van der Waals surface area contributed by atoms with Crippen LogP contribution in [0.4, 0.5) is 0 Å². The first kappa shape index (κ1) is 15.1. The van der Waals surface area contributed by atoms with Crippen molar-refractivity contribution in [2.75, 3.05) is 27.2 Å². The second-order valence-corrected chi connectivity index (χ2v) is 6.06. The van der Waals surface area contributed by atoms with Gasteiger partial charge in [-0.15, -0.1) is 0 Å². The molecule has 0 N–H and O–H groups in total. The fraction of sp³-hybridized carbons (Fsp3) is 0.368. The van der Waals surface area contributed by atoms with Crippen molar-refractivity contribution in [2.24, 2.45) is 0 Å². The van der Waals surface area contributed by atoms with Crippen LogP contribution >= 0.6 is 0 Å². The van der Waals surface area contributed by atoms with Crippen molar-refractivity contribution in [3.05, 3.63) is 65.4 Å². The zero-order chi connectivity index (χ0) is 15.4. The molecule has 0 spiro atoms. The summed E-state index contributed by atoms with van der Waals surface area (Å²) in [6.45, 7) is 2.27. The van der Waals surface area contributed by atoms with Crippen molar-refractivity contribution >= 4 is 6.08 Å². The number of benzene rings is 1. The van der Waals surface area contributed by atoms with E-state index >= 15 is 0 Å². The molecule has 1 aromatic rings. The van der Waals surface area contributed by atoms with E-state index in [1.54, 1.807) is 0 Å². The van der Waals surface area contributed by atoms with Crippen LogP contribution in [0, 0.1) is 0 Å². The molecule has 3 nitrogen and oxygen atoms in total. The van der Waals surface area contributed by atoms with Crippen LogP contribution in [0.15, 0.2) is 59.8 Å². The van der Waals surface area contributed by atoms with Gasteiger partial charge < -0.3 is 0 Å². The van der Waals surface area contributed by atoms with Crippen molar-refractivity contribution in [3.63, 3.8) is 0 Å². The number of hydrogen-bond acceptors (Lipinski definition) is 3. The van der Waals surface area contributed by atoms with Gasteiger partial charge in [0.2, 0.25) is 0 Å². The summed E-state index contributed by atoms with van der Waals surface area (Å²) in [6.07, 6.45) is 12.5. The van der Waals surface area contributed by atoms with Gasteiger partial charge >= 0.3 is 0 Å². The van der Waals surface area contributed by atoms with Crippen LogP contribution in [-0.4, -0.2) is 42.3 Å². The maximum atomic E-state index is 2.45. The molecule has 0 saturated carbocycles. The Kier molecular flexibility index (Phi) is 4.76. The molecular formula is C19H25N3. The molecule has 0 atom stereocenters. The van der Waals surface area contributed by atoms with E-state index < -0.39 is 0 Å². The minimum atomic E-state index is 0.985. The lowest BCUT2D eigenvalue weighted by atomic mass is 10.0. The van der Waals surface area contributed by atoms with Gasteiger partial charge in [0.05, 0.1) is 5.70 Å². The maximum absolute atomic E-state index is 2.45. The molecule has 1 aliphatic heterocycles. The summed E-state index contributed by atoms with van der Waals surface area (Å²) in [5, 5.41) is 6.98. The van der Waals surface area contributed by atoms with Gasteiger partial charge in [0.25, 0.3) is 0 Å². The normalized spacial score (nSPS) is 20.7. The Labute approximate surface area is 133 Å². The minimum absolute atomic E-state index is 0.985. The van der Waals surface area contributed by atoms with E-state index in [1.165, 1.54) is 29.7 Å². The van der Waals surface area contributed by atoms with Gasteiger partial charge in [-0.1, -0.05) is 42.5 Å². The van der Waals surface area contributed by atoms with E-state index in [1.807, 2.05) is 0 Å². The highest BCUT2D eigenvalue weighted by molar-refractivity contribution is 5.59. The highest BCUT2D eigenvalue weighted by Gasteiger charge is 2.25. The number of rotatable bonds is 4. The molecule has 22 heavy (non-hydrogen) atoms. The molecule has 0 aromatic heterocycles. The summed E-state index contributed by atoms with van der Waals surface area (Å²) in [5.41, 5.74) is 3.92. The standard InChI is InChI=1S/C19H25N3/c1-20(2)22(21-14-8-9-15-21)19-13-7-6-12-18(19)16-17-10-4-3-5-11-17/h3-7,10-11,13,16H,8-9,12,14-15H2,1-2H3. The first-order chi connectivity index (χ1) is 10.8. The molecule has 0 amide bonds. The molecule has 3 heteroatoms. The maximum Gasteiger partial charge on any atom is 0.0742 e. The number of hydrogen-bond donors (Lipinski definition) is 0. The van der Waals surface area contributed by atoms with Gasteiger partial charge in [0.15, 0.2) is 0 Å². The molecule has 0 unspecified atom stereocenters. The lowest BCUT2D eigenvalue weighted by Crippen LogP contribution is -2.48. The number of nitrogens with zero attached hydrogens (tertiary/aromatic N) is 3. The van der Waals surface area contributed by atoms with Crippen LogP contribution in [-0.2, 0) is 0 Å². The third-order valence-electron chi connectivity index (χ3n) is 4.14. The lowest BCUT2D eigenvalue weighted by molar-refractivity contribution is -0.116. The summed E-state index contributed by atoms with van der Waals surface area (Å²) < 4.78 is 0. The number of hydrazine groups is 2. The van der Waals surface area contributed by atoms with Gasteiger partial charge in [-0.25, -0.2) is 15.1 Å². The van der Waals surface area contributed by atoms with Crippen molar-refractivity contribution in [1.82, 2.24) is 15.1 Å². The third kappa shape index (κ3) is 3.32. The van der Waals surface area contributed by atoms with Crippen molar-refractivity contribution in [2.45, 2.75) is 19.3 Å². The molecule has 2 aliphatic rings. The summed E-state index contributed by atoms with van der Waals surface area (Å²) in [4.78, 5) is 0. The second-order valence-electron chi connectivity index (χ2n) is 6.06. The Hall–Kier alpha value is -1.84. The molecule has 1 aliphatic carbocycles. The average molecular weight is 295 g/mol. The zero-order valence-corrected chi connectivity index (χ0v) is 13.6. The van der Waals surface area contributed by atoms with Gasteiger partial charge in [0, 0.05) is 27.2 Å². The molecule has 0 radical (unpaired) electrons. The molecule has 116 valence electrons. The molecule has 1 heterocycles. The van der Waals surface area contributed by atoms with Crippen molar-refractivity contribution in [1.29, 1.82) is 0 Å². The molecule has 3 rings (SSSR count). The van der Waals surface area contributed by atoms with Crippen molar-refractivity contribution in [3.8, 4) is 0 Å². The predicted molar refractivity (Wildman–Crippen MR) is 92.6 cm³/mol. The molecule has 1 aromatic carbocycles. The highest BCUT2D eigenvalue weighted by atomic mass is 15.9. The van der Waals surface area contributed by atoms with Crippen LogP contribution in [0.1, 0.15) is 24.8 Å². The van der Waals surface area contributed by atoms with Gasteiger partial charge in [-0.3, -0.25) is 0 Å². The average Bonchev–Trinajstić information content (AvgIpc) is 3.04. The van der Waals surface area contributed by atoms with E-state index in [4.69, 9.17) is 0 Å². The Morgan fingerprint density at radius 3 is 2.45 bits per heavy atom. The Morgan fingerprint density at radius 1 is 1.05 bits per heavy atom. The van der Waals surface area contributed by atoms with Gasteiger partial charge in [0.1, 0.15) is 0 Å². The summed E-state index contributed by atoms with van der Waals surface area (Å²) in [7, 11) is 4.25. The Balaban J connectivity index is 1.92. The van der Waals surface area contributed by atoms with Crippen LogP contribution in [0.2, 0.25) is 0 Å². The number of allylic oxidation sites excluding steroid dienone is 4. The van der Waals surface area contributed by atoms with Gasteiger partial charge in [-0.2, -0.15) is 0 Å². The summed E-state index contributed by atoms with van der Waals surface area (Å²) >= 11 is 0. The van der Waals surface area contributed by atoms with Crippen LogP contribution in [0.25, 0.3) is 6.08 Å². The van der Waals surface area contributed by atoms with E-state index in [0.29, 0.717) is 0 Å². The minimum Gasteiger partial charge on any atom is -0.237 e. The smallest absolute Gasteiger partial charge is 0.0742 e. The second kappa shape index (κ2) is 6.95. The lowest BCUT2D eigenvalue weighted by Gasteiger charge is -2.41. The first-order valence-electron chi connectivity index (χ1n) is 8.11. The van der Waals surface area contributed by atoms with Gasteiger partial charge in [-0.05, 0) is 42.6 Å².